The van der Waals surface area contributed by atoms with Crippen LogP contribution in [0.2, 0.25) is 0 Å². The van der Waals surface area contributed by atoms with Gasteiger partial charge in [-0.3, -0.25) is 43.5 Å². The van der Waals surface area contributed by atoms with E-state index in [0.717, 1.165) is 16.2 Å². The van der Waals surface area contributed by atoms with Gasteiger partial charge in [-0.05, 0) is 6.42 Å². The first-order chi connectivity index (χ1) is 19.1. The number of aliphatic imine (C=N–C) groups is 1. The minimum Gasteiger partial charge on any atom is -0.483 e. The van der Waals surface area contributed by atoms with Crippen molar-refractivity contribution in [2.75, 3.05) is 59.0 Å². The number of carbonyl (C=O) groups is 7. The van der Waals surface area contributed by atoms with Gasteiger partial charge in [0.1, 0.15) is 6.04 Å². The summed E-state index contributed by atoms with van der Waals surface area (Å²) in [6.45, 7) is -3.80. The third-order valence-corrected chi connectivity index (χ3v) is 5.34. The normalized spacial score (nSPS) is 12.9. The van der Waals surface area contributed by atoms with E-state index in [-0.39, 0.29) is 52.0 Å². The molecule has 0 saturated carbocycles. The SMILES string of the molecule is NC(=O)CCC(N=COCCC(C(=O)O)N(CCN(CC(=O)O)CC(=O)O)CCN(CC(=O)O)CC(=O)O)C(=O)O. The van der Waals surface area contributed by atoms with Gasteiger partial charge in [0.25, 0.3) is 0 Å². The van der Waals surface area contributed by atoms with Crippen LogP contribution in [0, 0.1) is 0 Å². The summed E-state index contributed by atoms with van der Waals surface area (Å²) in [5.41, 5.74) is 4.99. The summed E-state index contributed by atoms with van der Waals surface area (Å²) in [5, 5.41) is 55.2. The summed E-state index contributed by atoms with van der Waals surface area (Å²) in [7, 11) is 0. The lowest BCUT2D eigenvalue weighted by Gasteiger charge is -2.32. The predicted molar refractivity (Wildman–Crippen MR) is 135 cm³/mol. The molecule has 0 heterocycles. The van der Waals surface area contributed by atoms with Crippen LogP contribution in [0.1, 0.15) is 19.3 Å². The number of amides is 1. The summed E-state index contributed by atoms with van der Waals surface area (Å²) in [6.07, 6.45) is 0.108. The van der Waals surface area contributed by atoms with Gasteiger partial charge < -0.3 is 41.1 Å². The van der Waals surface area contributed by atoms with E-state index in [0.29, 0.717) is 0 Å². The van der Waals surface area contributed by atoms with Crippen LogP contribution in [0.15, 0.2) is 4.99 Å². The molecular weight excluding hydrogens is 558 g/mol. The summed E-state index contributed by atoms with van der Waals surface area (Å²) < 4.78 is 5.12. The Morgan fingerprint density at radius 1 is 0.683 bits per heavy atom. The number of carboxylic acids is 6. The number of hydrogen-bond acceptors (Lipinski definition) is 12. The third kappa shape index (κ3) is 18.5. The van der Waals surface area contributed by atoms with Crippen LogP contribution in [-0.4, -0.2) is 165 Å². The largest absolute Gasteiger partial charge is 0.483 e. The Morgan fingerprint density at radius 3 is 1.46 bits per heavy atom. The molecule has 0 fully saturated rings. The average Bonchev–Trinajstić information content (AvgIpc) is 2.81. The fraction of sp³-hybridized carbons (Fsp3) is 0.636. The predicted octanol–water partition coefficient (Wildman–Crippen LogP) is -3.16. The van der Waals surface area contributed by atoms with Crippen molar-refractivity contribution in [3.63, 3.8) is 0 Å². The van der Waals surface area contributed by atoms with Gasteiger partial charge in [-0.2, -0.15) is 0 Å². The van der Waals surface area contributed by atoms with Crippen LogP contribution >= 0.6 is 0 Å². The van der Waals surface area contributed by atoms with Gasteiger partial charge in [-0.15, -0.1) is 0 Å². The molecule has 0 aliphatic rings. The maximum absolute atomic E-state index is 12.1. The number of carbonyl (C=O) groups excluding carboxylic acids is 1. The number of aliphatic carboxylic acids is 6. The van der Waals surface area contributed by atoms with Crippen LogP contribution in [0.3, 0.4) is 0 Å². The van der Waals surface area contributed by atoms with Crippen LogP contribution < -0.4 is 5.73 Å². The second-order valence-electron chi connectivity index (χ2n) is 8.66. The van der Waals surface area contributed by atoms with Crippen LogP contribution in [0.4, 0.5) is 0 Å². The van der Waals surface area contributed by atoms with Gasteiger partial charge in [0.05, 0.1) is 32.8 Å². The van der Waals surface area contributed by atoms with Crippen molar-refractivity contribution in [3.8, 4) is 0 Å². The molecule has 0 spiro atoms. The smallest absolute Gasteiger partial charge is 0.328 e. The second kappa shape index (κ2) is 19.7. The highest BCUT2D eigenvalue weighted by Crippen LogP contribution is 2.08. The maximum Gasteiger partial charge on any atom is 0.328 e. The minimum absolute atomic E-state index is 0.192. The summed E-state index contributed by atoms with van der Waals surface area (Å²) in [5.74, 6) is -8.77. The van der Waals surface area contributed by atoms with Crippen molar-refractivity contribution in [1.82, 2.24) is 14.7 Å². The highest BCUT2D eigenvalue weighted by atomic mass is 16.5. The zero-order chi connectivity index (χ0) is 31.5. The van der Waals surface area contributed by atoms with E-state index in [1.165, 1.54) is 4.90 Å². The van der Waals surface area contributed by atoms with Crippen molar-refractivity contribution in [3.05, 3.63) is 0 Å². The highest BCUT2D eigenvalue weighted by Gasteiger charge is 2.28. The summed E-state index contributed by atoms with van der Waals surface area (Å²) in [4.78, 5) is 85.7. The molecule has 232 valence electrons. The fourth-order valence-corrected chi connectivity index (χ4v) is 3.51. The molecule has 0 aromatic rings. The Balaban J connectivity index is 5.64. The molecule has 19 heteroatoms. The number of nitrogens with zero attached hydrogens (tertiary/aromatic N) is 4. The van der Waals surface area contributed by atoms with Crippen LogP contribution in [0.5, 0.6) is 0 Å². The first kappa shape index (κ1) is 36.6. The minimum atomic E-state index is -1.37. The first-order valence-corrected chi connectivity index (χ1v) is 12.0. The molecule has 1 amide bonds. The zero-order valence-electron chi connectivity index (χ0n) is 22.0. The number of carboxylic acid groups (broad SMARTS) is 6. The van der Waals surface area contributed by atoms with E-state index in [1.54, 1.807) is 0 Å². The van der Waals surface area contributed by atoms with Crippen molar-refractivity contribution in [1.29, 1.82) is 0 Å². The molecule has 0 saturated heterocycles. The average molecular weight is 594 g/mol. The van der Waals surface area contributed by atoms with E-state index in [2.05, 4.69) is 4.99 Å². The van der Waals surface area contributed by atoms with E-state index in [1.807, 2.05) is 0 Å². The van der Waals surface area contributed by atoms with Crippen LogP contribution in [0.25, 0.3) is 0 Å². The lowest BCUT2D eigenvalue weighted by Crippen LogP contribution is -2.50. The van der Waals surface area contributed by atoms with Gasteiger partial charge in [0.2, 0.25) is 5.91 Å². The van der Waals surface area contributed by atoms with Crippen molar-refractivity contribution in [2.45, 2.75) is 31.3 Å². The number of nitrogens with two attached hydrogens (primary N) is 1. The van der Waals surface area contributed by atoms with E-state index in [9.17, 15) is 38.7 Å². The first-order valence-electron chi connectivity index (χ1n) is 12.0. The van der Waals surface area contributed by atoms with Gasteiger partial charge in [0, 0.05) is 39.0 Å². The number of hydrogen-bond donors (Lipinski definition) is 7. The molecule has 41 heavy (non-hydrogen) atoms. The van der Waals surface area contributed by atoms with Crippen molar-refractivity contribution < 1.29 is 68.9 Å². The standard InChI is InChI=1S/C22H35N5O14/c23-16(28)2-1-14(21(37)38)24-13-41-8-3-15(22(39)40)27(6-4-25(9-17(29)30)10-18(31)32)7-5-26(11-19(33)34)12-20(35)36/h13-15H,1-12H2,(H2,23,28)(H,29,30)(H,31,32)(H,33,34)(H,35,36)(H,37,38)(H,39,40). The molecule has 2 unspecified atom stereocenters. The Hall–Kier alpha value is -4.36. The molecular formula is C22H35N5O14. The van der Waals surface area contributed by atoms with Gasteiger partial charge in [0.15, 0.2) is 12.4 Å². The molecule has 8 N–H and O–H groups in total. The number of ether oxygens (including phenoxy) is 1. The Kier molecular flexibility index (Phi) is 17.6. The molecule has 0 aliphatic carbocycles. The molecule has 0 rings (SSSR count). The topological polar surface area (TPSA) is 298 Å². The monoisotopic (exact) mass is 593 g/mol. The number of primary amides is 1. The summed E-state index contributed by atoms with van der Waals surface area (Å²) in [6, 6.07) is -2.68. The molecule has 0 aromatic heterocycles. The third-order valence-electron chi connectivity index (χ3n) is 5.34. The van der Waals surface area contributed by atoms with Crippen molar-refractivity contribution >= 4 is 48.1 Å². The highest BCUT2D eigenvalue weighted by molar-refractivity contribution is 5.78. The molecule has 0 bridgehead atoms. The second-order valence-corrected chi connectivity index (χ2v) is 8.66. The Bertz CT molecular complexity index is 887. The number of rotatable bonds is 25. The lowest BCUT2D eigenvalue weighted by atomic mass is 10.1. The van der Waals surface area contributed by atoms with E-state index >= 15 is 0 Å². The molecule has 0 aliphatic heterocycles. The fourth-order valence-electron chi connectivity index (χ4n) is 3.51. The molecule has 2 atom stereocenters. The summed E-state index contributed by atoms with van der Waals surface area (Å²) >= 11 is 0. The molecule has 0 aromatic carbocycles. The zero-order valence-corrected chi connectivity index (χ0v) is 22.0. The van der Waals surface area contributed by atoms with Gasteiger partial charge in [-0.25, -0.2) is 9.79 Å². The quantitative estimate of drug-likeness (QED) is 0.0312. The van der Waals surface area contributed by atoms with Crippen LogP contribution in [-0.2, 0) is 38.3 Å². The maximum atomic E-state index is 12.1. The Morgan fingerprint density at radius 2 is 1.12 bits per heavy atom. The van der Waals surface area contributed by atoms with Gasteiger partial charge >= 0.3 is 35.8 Å². The van der Waals surface area contributed by atoms with E-state index in [4.69, 9.17) is 36.0 Å². The Labute approximate surface area is 233 Å². The molecule has 0 radical (unpaired) electrons. The van der Waals surface area contributed by atoms with Gasteiger partial charge in [-0.1, -0.05) is 0 Å². The van der Waals surface area contributed by atoms with E-state index < -0.39 is 80.0 Å². The lowest BCUT2D eigenvalue weighted by molar-refractivity contribution is -0.146. The molecule has 19 nitrogen and oxygen atoms in total. The van der Waals surface area contributed by atoms with Crippen molar-refractivity contribution in [2.24, 2.45) is 10.7 Å².